The van der Waals surface area contributed by atoms with Crippen LogP contribution in [0.5, 0.6) is 0 Å². The second-order valence-electron chi connectivity index (χ2n) is 5.57. The quantitative estimate of drug-likeness (QED) is 0.826. The molecule has 1 amide bonds. The van der Waals surface area contributed by atoms with E-state index in [4.69, 9.17) is 11.6 Å². The highest BCUT2D eigenvalue weighted by atomic mass is 35.5. The zero-order valence-electron chi connectivity index (χ0n) is 13.3. The van der Waals surface area contributed by atoms with Crippen LogP contribution in [0.1, 0.15) is 24.1 Å². The summed E-state index contributed by atoms with van der Waals surface area (Å²) in [7, 11) is -3.91. The molecule has 25 heavy (non-hydrogen) atoms. The van der Waals surface area contributed by atoms with E-state index in [9.17, 15) is 22.0 Å². The van der Waals surface area contributed by atoms with Gasteiger partial charge in [0.1, 0.15) is 17.4 Å². The van der Waals surface area contributed by atoms with E-state index in [0.717, 1.165) is 6.07 Å². The SMILES string of the molecule is CC(NC(=O)CS(=O)(=O)Cc1c(F)cccc1Cl)c1ccc(F)cc1. The van der Waals surface area contributed by atoms with Crippen LogP contribution in [0.25, 0.3) is 0 Å². The topological polar surface area (TPSA) is 63.2 Å². The van der Waals surface area contributed by atoms with Crippen molar-refractivity contribution >= 4 is 27.3 Å². The fourth-order valence-corrected chi connectivity index (χ4v) is 3.89. The molecule has 4 nitrogen and oxygen atoms in total. The number of rotatable bonds is 6. The summed E-state index contributed by atoms with van der Waals surface area (Å²) in [6.45, 7) is 1.64. The summed E-state index contributed by atoms with van der Waals surface area (Å²) in [6.07, 6.45) is 0. The molecule has 0 saturated carbocycles. The maximum absolute atomic E-state index is 13.7. The van der Waals surface area contributed by atoms with Crippen molar-refractivity contribution in [2.24, 2.45) is 0 Å². The van der Waals surface area contributed by atoms with Crippen molar-refractivity contribution in [3.8, 4) is 0 Å². The average Bonchev–Trinajstić information content (AvgIpc) is 2.51. The Labute approximate surface area is 149 Å². The molecular weight excluding hydrogens is 372 g/mol. The van der Waals surface area contributed by atoms with Crippen molar-refractivity contribution in [1.82, 2.24) is 5.32 Å². The van der Waals surface area contributed by atoms with Crippen LogP contribution in [0, 0.1) is 11.6 Å². The lowest BCUT2D eigenvalue weighted by Gasteiger charge is -2.14. The van der Waals surface area contributed by atoms with Gasteiger partial charge in [0.25, 0.3) is 0 Å². The maximum atomic E-state index is 13.7. The van der Waals surface area contributed by atoms with Gasteiger partial charge in [-0.05, 0) is 36.8 Å². The van der Waals surface area contributed by atoms with Gasteiger partial charge >= 0.3 is 0 Å². The van der Waals surface area contributed by atoms with E-state index in [0.29, 0.717) is 5.56 Å². The molecule has 0 saturated heterocycles. The molecule has 2 aromatic rings. The molecule has 0 aliphatic heterocycles. The van der Waals surface area contributed by atoms with Gasteiger partial charge in [-0.15, -0.1) is 0 Å². The van der Waals surface area contributed by atoms with Gasteiger partial charge in [0.2, 0.25) is 5.91 Å². The van der Waals surface area contributed by atoms with E-state index < -0.39 is 44.9 Å². The van der Waals surface area contributed by atoms with E-state index in [1.54, 1.807) is 6.92 Å². The highest BCUT2D eigenvalue weighted by Gasteiger charge is 2.22. The normalized spacial score (nSPS) is 12.6. The fraction of sp³-hybridized carbons (Fsp3) is 0.235. The number of benzene rings is 2. The molecule has 1 unspecified atom stereocenters. The summed E-state index contributed by atoms with van der Waals surface area (Å²) in [6, 6.07) is 8.83. The van der Waals surface area contributed by atoms with Crippen LogP contribution >= 0.6 is 11.6 Å². The van der Waals surface area contributed by atoms with Crippen LogP contribution in [-0.4, -0.2) is 20.1 Å². The summed E-state index contributed by atoms with van der Waals surface area (Å²) in [5, 5.41) is 2.51. The minimum atomic E-state index is -3.91. The summed E-state index contributed by atoms with van der Waals surface area (Å²) >= 11 is 5.81. The molecule has 0 fully saturated rings. The predicted octanol–water partition coefficient (Wildman–Crippen LogP) is 3.41. The Bertz CT molecular complexity index is 850. The summed E-state index contributed by atoms with van der Waals surface area (Å²) in [5.41, 5.74) is 0.466. The number of amides is 1. The van der Waals surface area contributed by atoms with Gasteiger partial charge < -0.3 is 5.32 Å². The van der Waals surface area contributed by atoms with Crippen molar-refractivity contribution in [1.29, 1.82) is 0 Å². The van der Waals surface area contributed by atoms with E-state index >= 15 is 0 Å². The van der Waals surface area contributed by atoms with Gasteiger partial charge in [0, 0.05) is 10.6 Å². The van der Waals surface area contributed by atoms with Crippen molar-refractivity contribution in [3.63, 3.8) is 0 Å². The molecule has 1 atom stereocenters. The first-order valence-corrected chi connectivity index (χ1v) is 9.56. The lowest BCUT2D eigenvalue weighted by Crippen LogP contribution is -2.33. The molecule has 1 N–H and O–H groups in total. The first-order chi connectivity index (χ1) is 11.7. The first-order valence-electron chi connectivity index (χ1n) is 7.36. The summed E-state index contributed by atoms with van der Waals surface area (Å²) in [4.78, 5) is 12.0. The monoisotopic (exact) mass is 387 g/mol. The molecule has 0 spiro atoms. The Morgan fingerprint density at radius 2 is 1.80 bits per heavy atom. The maximum Gasteiger partial charge on any atom is 0.235 e. The van der Waals surface area contributed by atoms with E-state index in [2.05, 4.69) is 5.32 Å². The minimum absolute atomic E-state index is 0.0105. The third-order valence-electron chi connectivity index (χ3n) is 3.52. The van der Waals surface area contributed by atoms with E-state index in [1.165, 1.54) is 36.4 Å². The number of nitrogens with one attached hydrogen (secondary N) is 1. The van der Waals surface area contributed by atoms with Gasteiger partial charge in [0.05, 0.1) is 11.8 Å². The smallest absolute Gasteiger partial charge is 0.235 e. The number of hydrogen-bond donors (Lipinski definition) is 1. The second-order valence-corrected chi connectivity index (χ2v) is 8.04. The van der Waals surface area contributed by atoms with Gasteiger partial charge in [-0.1, -0.05) is 29.8 Å². The van der Waals surface area contributed by atoms with Crippen LogP contribution in [-0.2, 0) is 20.4 Å². The van der Waals surface area contributed by atoms with Gasteiger partial charge in [-0.3, -0.25) is 4.79 Å². The zero-order valence-corrected chi connectivity index (χ0v) is 14.9. The molecule has 0 radical (unpaired) electrons. The summed E-state index contributed by atoms with van der Waals surface area (Å²) < 4.78 is 50.9. The molecule has 0 aliphatic rings. The largest absolute Gasteiger partial charge is 0.349 e. The van der Waals surface area contributed by atoms with Gasteiger partial charge in [-0.25, -0.2) is 17.2 Å². The molecular formula is C17H16ClF2NO3S. The zero-order chi connectivity index (χ0) is 18.6. The highest BCUT2D eigenvalue weighted by Crippen LogP contribution is 2.21. The van der Waals surface area contributed by atoms with E-state index in [-0.39, 0.29) is 10.6 Å². The molecule has 134 valence electrons. The van der Waals surface area contributed by atoms with Crippen LogP contribution in [0.4, 0.5) is 8.78 Å². The Hall–Kier alpha value is -1.99. The van der Waals surface area contributed by atoms with Crippen molar-refractivity contribution in [2.75, 3.05) is 5.75 Å². The molecule has 2 rings (SSSR count). The average molecular weight is 388 g/mol. The Morgan fingerprint density at radius 3 is 2.40 bits per heavy atom. The van der Waals surface area contributed by atoms with Crippen molar-refractivity contribution < 1.29 is 22.0 Å². The number of halogens is 3. The lowest BCUT2D eigenvalue weighted by atomic mass is 10.1. The molecule has 0 heterocycles. The molecule has 2 aromatic carbocycles. The standard InChI is InChI=1S/C17H16ClF2NO3S/c1-11(12-5-7-13(19)8-6-12)21-17(22)10-25(23,24)9-14-15(18)3-2-4-16(14)20/h2-8,11H,9-10H2,1H3,(H,21,22). The number of sulfone groups is 1. The fourth-order valence-electron chi connectivity index (χ4n) is 2.26. The Morgan fingerprint density at radius 1 is 1.16 bits per heavy atom. The van der Waals surface area contributed by atoms with Gasteiger partial charge in [-0.2, -0.15) is 0 Å². The third-order valence-corrected chi connectivity index (χ3v) is 5.31. The van der Waals surface area contributed by atoms with Crippen LogP contribution in [0.2, 0.25) is 5.02 Å². The molecule has 8 heteroatoms. The Balaban J connectivity index is 2.02. The predicted molar refractivity (Wildman–Crippen MR) is 91.9 cm³/mol. The highest BCUT2D eigenvalue weighted by molar-refractivity contribution is 7.91. The lowest BCUT2D eigenvalue weighted by molar-refractivity contribution is -0.119. The van der Waals surface area contributed by atoms with E-state index in [1.807, 2.05) is 0 Å². The van der Waals surface area contributed by atoms with Gasteiger partial charge in [0.15, 0.2) is 9.84 Å². The number of carbonyl (C=O) groups excluding carboxylic acids is 1. The molecule has 0 bridgehead atoms. The third kappa shape index (κ3) is 5.51. The van der Waals surface area contributed by atoms with Crippen LogP contribution in [0.15, 0.2) is 42.5 Å². The Kier molecular flexibility index (Phi) is 6.13. The number of hydrogen-bond acceptors (Lipinski definition) is 3. The van der Waals surface area contributed by atoms with Crippen molar-refractivity contribution in [2.45, 2.75) is 18.7 Å². The van der Waals surface area contributed by atoms with Crippen molar-refractivity contribution in [3.05, 3.63) is 70.2 Å². The number of carbonyl (C=O) groups is 1. The molecule has 0 aliphatic carbocycles. The minimum Gasteiger partial charge on any atom is -0.349 e. The first kappa shape index (κ1) is 19.3. The van der Waals surface area contributed by atoms with Crippen LogP contribution < -0.4 is 5.32 Å². The van der Waals surface area contributed by atoms with Crippen LogP contribution in [0.3, 0.4) is 0 Å². The summed E-state index contributed by atoms with van der Waals surface area (Å²) in [5.74, 6) is -3.35. The molecule has 0 aromatic heterocycles. The second kappa shape index (κ2) is 7.93.